The van der Waals surface area contributed by atoms with Crippen LogP contribution in [0.4, 0.5) is 5.69 Å². The van der Waals surface area contributed by atoms with E-state index in [9.17, 15) is 14.7 Å². The second-order valence-corrected chi connectivity index (χ2v) is 7.34. The SMILES string of the molecule is Cc1ccc(N2C[C@H](C)N(C(=O)c3cc4ccccc4cc3O)CC2=O)cc1. The van der Waals surface area contributed by atoms with E-state index in [1.807, 2.05) is 62.4 Å². The lowest BCUT2D eigenvalue weighted by molar-refractivity contribution is -0.121. The molecule has 0 bridgehead atoms. The lowest BCUT2D eigenvalue weighted by Gasteiger charge is -2.39. The molecule has 1 heterocycles. The summed E-state index contributed by atoms with van der Waals surface area (Å²) in [5.41, 5.74) is 2.19. The number of phenols is 1. The van der Waals surface area contributed by atoms with Gasteiger partial charge in [0.1, 0.15) is 12.3 Å². The lowest BCUT2D eigenvalue weighted by Crippen LogP contribution is -2.57. The van der Waals surface area contributed by atoms with Crippen molar-refractivity contribution in [1.29, 1.82) is 0 Å². The van der Waals surface area contributed by atoms with Crippen LogP contribution in [-0.4, -0.2) is 41.0 Å². The Hall–Kier alpha value is -3.34. The van der Waals surface area contributed by atoms with Gasteiger partial charge in [-0.15, -0.1) is 0 Å². The number of aryl methyl sites for hydroxylation is 1. The smallest absolute Gasteiger partial charge is 0.258 e. The summed E-state index contributed by atoms with van der Waals surface area (Å²) in [7, 11) is 0. The molecular weight excluding hydrogens is 352 g/mol. The summed E-state index contributed by atoms with van der Waals surface area (Å²) < 4.78 is 0. The largest absolute Gasteiger partial charge is 0.507 e. The highest BCUT2D eigenvalue weighted by Crippen LogP contribution is 2.28. The van der Waals surface area contributed by atoms with E-state index in [-0.39, 0.29) is 35.7 Å². The van der Waals surface area contributed by atoms with Crippen molar-refractivity contribution in [3.63, 3.8) is 0 Å². The van der Waals surface area contributed by atoms with Crippen LogP contribution in [-0.2, 0) is 4.79 Å². The molecule has 1 aliphatic heterocycles. The summed E-state index contributed by atoms with van der Waals surface area (Å²) in [5, 5.41) is 12.1. The number of piperazine rings is 1. The van der Waals surface area contributed by atoms with Crippen LogP contribution < -0.4 is 4.90 Å². The average Bonchev–Trinajstić information content (AvgIpc) is 2.69. The summed E-state index contributed by atoms with van der Waals surface area (Å²) in [4.78, 5) is 29.1. The second-order valence-electron chi connectivity index (χ2n) is 7.34. The van der Waals surface area contributed by atoms with E-state index in [1.165, 1.54) is 4.90 Å². The molecule has 0 aromatic heterocycles. The number of phenolic OH excluding ortho intramolecular Hbond substituents is 1. The molecule has 1 atom stereocenters. The summed E-state index contributed by atoms with van der Waals surface area (Å²) in [5.74, 6) is -0.521. The van der Waals surface area contributed by atoms with Gasteiger partial charge in [0, 0.05) is 18.3 Å². The van der Waals surface area contributed by atoms with E-state index < -0.39 is 0 Å². The molecule has 1 aliphatic rings. The molecule has 28 heavy (non-hydrogen) atoms. The van der Waals surface area contributed by atoms with Gasteiger partial charge in [-0.2, -0.15) is 0 Å². The minimum atomic E-state index is -0.326. The van der Waals surface area contributed by atoms with Crippen molar-refractivity contribution in [3.05, 3.63) is 71.8 Å². The van der Waals surface area contributed by atoms with Gasteiger partial charge in [-0.05, 0) is 48.9 Å². The number of fused-ring (bicyclic) bond motifs is 1. The molecule has 1 fully saturated rings. The van der Waals surface area contributed by atoms with Crippen LogP contribution in [0.15, 0.2) is 60.7 Å². The van der Waals surface area contributed by atoms with Gasteiger partial charge in [0.2, 0.25) is 5.91 Å². The van der Waals surface area contributed by atoms with E-state index >= 15 is 0 Å². The molecule has 0 saturated carbocycles. The molecule has 2 amide bonds. The number of hydrogen-bond donors (Lipinski definition) is 1. The zero-order valence-electron chi connectivity index (χ0n) is 15.9. The average molecular weight is 374 g/mol. The normalized spacial score (nSPS) is 17.2. The molecule has 1 N–H and O–H groups in total. The van der Waals surface area contributed by atoms with Crippen LogP contribution in [0.2, 0.25) is 0 Å². The van der Waals surface area contributed by atoms with Gasteiger partial charge in [-0.25, -0.2) is 0 Å². The number of aromatic hydroxyl groups is 1. The van der Waals surface area contributed by atoms with Crippen molar-refractivity contribution in [2.45, 2.75) is 19.9 Å². The second kappa shape index (κ2) is 7.00. The van der Waals surface area contributed by atoms with Crippen LogP contribution in [0.25, 0.3) is 10.8 Å². The Bertz CT molecular complexity index is 1060. The van der Waals surface area contributed by atoms with Crippen LogP contribution in [0.3, 0.4) is 0 Å². The maximum Gasteiger partial charge on any atom is 0.258 e. The van der Waals surface area contributed by atoms with Crippen molar-refractivity contribution in [1.82, 2.24) is 4.90 Å². The van der Waals surface area contributed by atoms with Crippen molar-refractivity contribution < 1.29 is 14.7 Å². The Kier molecular flexibility index (Phi) is 4.51. The third-order valence-corrected chi connectivity index (χ3v) is 5.29. The molecule has 0 aliphatic carbocycles. The first-order chi connectivity index (χ1) is 13.4. The number of hydrogen-bond acceptors (Lipinski definition) is 3. The topological polar surface area (TPSA) is 60.9 Å². The number of anilines is 1. The zero-order chi connectivity index (χ0) is 19.8. The Morgan fingerprint density at radius 2 is 1.68 bits per heavy atom. The van der Waals surface area contributed by atoms with Crippen LogP contribution in [0.5, 0.6) is 5.75 Å². The summed E-state index contributed by atoms with van der Waals surface area (Å²) >= 11 is 0. The van der Waals surface area contributed by atoms with Crippen LogP contribution in [0, 0.1) is 6.92 Å². The molecule has 0 unspecified atom stereocenters. The molecule has 4 rings (SSSR count). The monoisotopic (exact) mass is 374 g/mol. The first kappa shape index (κ1) is 18.0. The Labute approximate surface area is 163 Å². The number of nitrogens with zero attached hydrogens (tertiary/aromatic N) is 2. The number of benzene rings is 3. The van der Waals surface area contributed by atoms with Gasteiger partial charge in [0.25, 0.3) is 5.91 Å². The lowest BCUT2D eigenvalue weighted by atomic mass is 10.0. The maximum absolute atomic E-state index is 13.1. The molecule has 142 valence electrons. The van der Waals surface area contributed by atoms with Crippen LogP contribution in [0.1, 0.15) is 22.8 Å². The number of carbonyl (C=O) groups is 2. The molecule has 0 spiro atoms. The van der Waals surface area contributed by atoms with E-state index in [1.54, 1.807) is 17.0 Å². The molecule has 5 nitrogen and oxygen atoms in total. The van der Waals surface area contributed by atoms with Gasteiger partial charge in [-0.1, -0.05) is 42.0 Å². The van der Waals surface area contributed by atoms with Crippen molar-refractivity contribution >= 4 is 28.3 Å². The quantitative estimate of drug-likeness (QED) is 0.743. The minimum Gasteiger partial charge on any atom is -0.507 e. The fourth-order valence-corrected chi connectivity index (χ4v) is 3.65. The third kappa shape index (κ3) is 3.20. The fraction of sp³-hybridized carbons (Fsp3) is 0.217. The summed E-state index contributed by atoms with van der Waals surface area (Å²) in [6, 6.07) is 18.5. The molecule has 0 radical (unpaired) electrons. The fourth-order valence-electron chi connectivity index (χ4n) is 3.65. The highest BCUT2D eigenvalue weighted by atomic mass is 16.3. The first-order valence-electron chi connectivity index (χ1n) is 9.34. The summed E-state index contributed by atoms with van der Waals surface area (Å²) in [6.07, 6.45) is 0. The number of amides is 2. The molecule has 5 heteroatoms. The van der Waals surface area contributed by atoms with Crippen molar-refractivity contribution in [2.75, 3.05) is 18.0 Å². The highest BCUT2D eigenvalue weighted by molar-refractivity contribution is 6.05. The van der Waals surface area contributed by atoms with Gasteiger partial charge < -0.3 is 14.9 Å². The van der Waals surface area contributed by atoms with Crippen LogP contribution >= 0.6 is 0 Å². The highest BCUT2D eigenvalue weighted by Gasteiger charge is 2.34. The molecule has 3 aromatic rings. The Balaban J connectivity index is 1.60. The molecular formula is C23H22N2O3. The first-order valence-corrected chi connectivity index (χ1v) is 9.34. The van der Waals surface area contributed by atoms with Crippen molar-refractivity contribution in [3.8, 4) is 5.75 Å². The predicted molar refractivity (Wildman–Crippen MR) is 110 cm³/mol. The molecule has 1 saturated heterocycles. The standard InChI is InChI=1S/C23H22N2O3/c1-15-7-9-19(10-8-15)25-13-16(2)24(14-22(25)27)23(28)20-11-17-5-3-4-6-18(17)12-21(20)26/h3-12,16,26H,13-14H2,1-2H3/t16-/m0/s1. The summed E-state index contributed by atoms with van der Waals surface area (Å²) in [6.45, 7) is 4.33. The Morgan fingerprint density at radius 1 is 1.04 bits per heavy atom. The van der Waals surface area contributed by atoms with Gasteiger partial charge >= 0.3 is 0 Å². The Morgan fingerprint density at radius 3 is 2.36 bits per heavy atom. The van der Waals surface area contributed by atoms with E-state index in [2.05, 4.69) is 0 Å². The van der Waals surface area contributed by atoms with Crippen molar-refractivity contribution in [2.24, 2.45) is 0 Å². The molecule has 3 aromatic carbocycles. The van der Waals surface area contributed by atoms with Gasteiger partial charge in [0.05, 0.1) is 5.56 Å². The number of rotatable bonds is 2. The zero-order valence-corrected chi connectivity index (χ0v) is 15.9. The maximum atomic E-state index is 13.1. The number of carbonyl (C=O) groups excluding carboxylic acids is 2. The van der Waals surface area contributed by atoms with Gasteiger partial charge in [0.15, 0.2) is 0 Å². The minimum absolute atomic E-state index is 0.0137. The van der Waals surface area contributed by atoms with Gasteiger partial charge in [-0.3, -0.25) is 9.59 Å². The van der Waals surface area contributed by atoms with E-state index in [0.29, 0.717) is 6.54 Å². The van der Waals surface area contributed by atoms with E-state index in [0.717, 1.165) is 22.0 Å². The predicted octanol–water partition coefficient (Wildman–Crippen LogP) is 3.73. The van der Waals surface area contributed by atoms with E-state index in [4.69, 9.17) is 0 Å². The third-order valence-electron chi connectivity index (χ3n) is 5.29.